The molecule has 0 aromatic heterocycles. The summed E-state index contributed by atoms with van der Waals surface area (Å²) in [5.74, 6) is 0.300. The van der Waals surface area contributed by atoms with Gasteiger partial charge >= 0.3 is 0 Å². The zero-order chi connectivity index (χ0) is 18.6. The maximum absolute atomic E-state index is 12.3. The SMILES string of the molecule is CCCOc1c(Br)cc(/C=C2\NC(=S)N(C(C)=O)C2=O)cc1OCC. The standard InChI is InChI=1S/C17H19BrN2O4S/c1-4-6-24-15-12(18)7-11(9-14(15)23-5-2)8-13-16(22)20(10(3)21)17(25)19-13/h7-9H,4-6H2,1-3H3,(H,19,25)/b13-8-. The van der Waals surface area contributed by atoms with E-state index in [0.717, 1.165) is 15.8 Å². The fraction of sp³-hybridized carbons (Fsp3) is 0.353. The number of ether oxygens (including phenoxy) is 2. The van der Waals surface area contributed by atoms with E-state index in [1.165, 1.54) is 6.92 Å². The van der Waals surface area contributed by atoms with Crippen molar-refractivity contribution in [3.8, 4) is 11.5 Å². The minimum atomic E-state index is -0.474. The number of halogens is 1. The van der Waals surface area contributed by atoms with Gasteiger partial charge in [-0.3, -0.25) is 9.59 Å². The van der Waals surface area contributed by atoms with Crippen LogP contribution in [0.3, 0.4) is 0 Å². The summed E-state index contributed by atoms with van der Waals surface area (Å²) in [7, 11) is 0. The highest BCUT2D eigenvalue weighted by atomic mass is 79.9. The number of nitrogens with zero attached hydrogens (tertiary/aromatic N) is 1. The second kappa shape index (κ2) is 8.44. The topological polar surface area (TPSA) is 67.9 Å². The van der Waals surface area contributed by atoms with Crippen LogP contribution in [0.1, 0.15) is 32.8 Å². The third-order valence-electron chi connectivity index (χ3n) is 3.29. The van der Waals surface area contributed by atoms with Gasteiger partial charge in [-0.05, 0) is 65.3 Å². The van der Waals surface area contributed by atoms with Crippen molar-refractivity contribution >= 4 is 51.2 Å². The monoisotopic (exact) mass is 426 g/mol. The van der Waals surface area contributed by atoms with E-state index in [1.807, 2.05) is 19.9 Å². The summed E-state index contributed by atoms with van der Waals surface area (Å²) in [6.07, 6.45) is 2.50. The molecule has 8 heteroatoms. The van der Waals surface area contributed by atoms with Crippen molar-refractivity contribution in [1.82, 2.24) is 10.2 Å². The second-order valence-corrected chi connectivity index (χ2v) is 6.50. The van der Waals surface area contributed by atoms with Gasteiger partial charge in [0.25, 0.3) is 5.91 Å². The number of benzene rings is 1. The van der Waals surface area contributed by atoms with Crippen LogP contribution in [-0.4, -0.2) is 35.0 Å². The minimum absolute atomic E-state index is 0.0794. The van der Waals surface area contributed by atoms with Crippen LogP contribution in [-0.2, 0) is 9.59 Å². The Labute approximate surface area is 160 Å². The number of thiocarbonyl (C=S) groups is 1. The first kappa shape index (κ1) is 19.4. The van der Waals surface area contributed by atoms with Crippen LogP contribution in [0.4, 0.5) is 0 Å². The number of hydrogen-bond acceptors (Lipinski definition) is 5. The Bertz CT molecular complexity index is 748. The molecule has 1 aromatic carbocycles. The molecule has 0 unspecified atom stereocenters. The molecule has 0 aliphatic carbocycles. The van der Waals surface area contributed by atoms with Gasteiger partial charge in [0.1, 0.15) is 5.70 Å². The summed E-state index contributed by atoms with van der Waals surface area (Å²) < 4.78 is 12.1. The molecule has 25 heavy (non-hydrogen) atoms. The van der Waals surface area contributed by atoms with Crippen LogP contribution in [0.5, 0.6) is 11.5 Å². The zero-order valence-electron chi connectivity index (χ0n) is 14.2. The highest BCUT2D eigenvalue weighted by molar-refractivity contribution is 9.10. The third-order valence-corrected chi connectivity index (χ3v) is 4.16. The number of nitrogens with one attached hydrogen (secondary N) is 1. The maximum Gasteiger partial charge on any atom is 0.283 e. The van der Waals surface area contributed by atoms with Crippen LogP contribution in [0.15, 0.2) is 22.3 Å². The lowest BCUT2D eigenvalue weighted by molar-refractivity contribution is -0.135. The summed E-state index contributed by atoms with van der Waals surface area (Å²) in [6, 6.07) is 3.59. The Balaban J connectivity index is 2.38. The summed E-state index contributed by atoms with van der Waals surface area (Å²) in [5, 5.41) is 2.84. The van der Waals surface area contributed by atoms with Crippen LogP contribution >= 0.6 is 28.1 Å². The Morgan fingerprint density at radius 1 is 1.36 bits per heavy atom. The molecular weight excluding hydrogens is 408 g/mol. The molecule has 1 aromatic rings. The van der Waals surface area contributed by atoms with Crippen molar-refractivity contribution in [3.05, 3.63) is 27.9 Å². The Morgan fingerprint density at radius 2 is 2.08 bits per heavy atom. The first-order chi connectivity index (χ1) is 11.9. The Kier molecular flexibility index (Phi) is 6.55. The molecule has 0 radical (unpaired) electrons. The first-order valence-electron chi connectivity index (χ1n) is 7.85. The van der Waals surface area contributed by atoms with E-state index in [4.69, 9.17) is 21.7 Å². The lowest BCUT2D eigenvalue weighted by atomic mass is 10.1. The summed E-state index contributed by atoms with van der Waals surface area (Å²) in [4.78, 5) is 24.7. The molecule has 0 atom stereocenters. The van der Waals surface area contributed by atoms with Crippen LogP contribution in [0, 0.1) is 0 Å². The van der Waals surface area contributed by atoms with Crippen molar-refractivity contribution < 1.29 is 19.1 Å². The number of carbonyl (C=O) groups is 2. The van der Waals surface area contributed by atoms with Gasteiger partial charge in [0, 0.05) is 6.92 Å². The van der Waals surface area contributed by atoms with Crippen molar-refractivity contribution in [1.29, 1.82) is 0 Å². The highest BCUT2D eigenvalue weighted by Crippen LogP contribution is 2.37. The van der Waals surface area contributed by atoms with Crippen molar-refractivity contribution in [3.63, 3.8) is 0 Å². The predicted octanol–water partition coefficient (Wildman–Crippen LogP) is 3.24. The molecule has 0 bridgehead atoms. The van der Waals surface area contributed by atoms with Gasteiger partial charge in [0.15, 0.2) is 16.6 Å². The fourth-order valence-corrected chi connectivity index (χ4v) is 3.16. The zero-order valence-corrected chi connectivity index (χ0v) is 16.6. The smallest absolute Gasteiger partial charge is 0.283 e. The molecule has 0 spiro atoms. The van der Waals surface area contributed by atoms with E-state index in [-0.39, 0.29) is 10.8 Å². The molecule has 1 aliphatic rings. The largest absolute Gasteiger partial charge is 0.490 e. The summed E-state index contributed by atoms with van der Waals surface area (Å²) in [6.45, 7) is 6.25. The fourth-order valence-electron chi connectivity index (χ4n) is 2.27. The number of hydrogen-bond donors (Lipinski definition) is 1. The molecule has 1 saturated heterocycles. The van der Waals surface area contributed by atoms with E-state index < -0.39 is 11.8 Å². The maximum atomic E-state index is 12.3. The molecule has 1 N–H and O–H groups in total. The number of carbonyl (C=O) groups excluding carboxylic acids is 2. The summed E-state index contributed by atoms with van der Waals surface area (Å²) >= 11 is 8.51. The molecule has 1 fully saturated rings. The lowest BCUT2D eigenvalue weighted by Crippen LogP contribution is -2.34. The molecule has 1 heterocycles. The number of rotatable bonds is 6. The third kappa shape index (κ3) is 4.38. The lowest BCUT2D eigenvalue weighted by Gasteiger charge is -2.14. The molecule has 2 amide bonds. The van der Waals surface area contributed by atoms with Gasteiger partial charge in [-0.25, -0.2) is 4.90 Å². The van der Waals surface area contributed by atoms with Crippen LogP contribution < -0.4 is 14.8 Å². The van der Waals surface area contributed by atoms with E-state index in [1.54, 1.807) is 12.1 Å². The Hall–Kier alpha value is -1.93. The van der Waals surface area contributed by atoms with Crippen molar-refractivity contribution in [2.45, 2.75) is 27.2 Å². The molecular formula is C17H19BrN2O4S. The highest BCUT2D eigenvalue weighted by Gasteiger charge is 2.33. The quantitative estimate of drug-likeness (QED) is 0.556. The van der Waals surface area contributed by atoms with Gasteiger partial charge in [-0.1, -0.05) is 6.92 Å². The van der Waals surface area contributed by atoms with Gasteiger partial charge in [-0.15, -0.1) is 0 Å². The molecule has 1 aliphatic heterocycles. The van der Waals surface area contributed by atoms with Crippen molar-refractivity contribution in [2.75, 3.05) is 13.2 Å². The van der Waals surface area contributed by atoms with E-state index in [0.29, 0.717) is 30.3 Å². The number of amides is 2. The second-order valence-electron chi connectivity index (χ2n) is 5.26. The summed E-state index contributed by atoms with van der Waals surface area (Å²) in [5.41, 5.74) is 0.944. The average molecular weight is 427 g/mol. The van der Waals surface area contributed by atoms with Crippen LogP contribution in [0.25, 0.3) is 6.08 Å². The van der Waals surface area contributed by atoms with Crippen molar-refractivity contribution in [2.24, 2.45) is 0 Å². The van der Waals surface area contributed by atoms with Gasteiger partial charge < -0.3 is 14.8 Å². The molecule has 6 nitrogen and oxygen atoms in total. The average Bonchev–Trinajstić information content (AvgIpc) is 2.81. The van der Waals surface area contributed by atoms with E-state index in [2.05, 4.69) is 21.2 Å². The van der Waals surface area contributed by atoms with Crippen LogP contribution in [0.2, 0.25) is 0 Å². The number of imide groups is 1. The minimum Gasteiger partial charge on any atom is -0.490 e. The predicted molar refractivity (Wildman–Crippen MR) is 102 cm³/mol. The molecule has 0 saturated carbocycles. The van der Waals surface area contributed by atoms with Gasteiger partial charge in [0.2, 0.25) is 5.91 Å². The molecule has 134 valence electrons. The van der Waals surface area contributed by atoms with E-state index in [9.17, 15) is 9.59 Å². The van der Waals surface area contributed by atoms with Gasteiger partial charge in [0.05, 0.1) is 17.7 Å². The normalized spacial score (nSPS) is 15.5. The Morgan fingerprint density at radius 3 is 2.64 bits per heavy atom. The molecule has 2 rings (SSSR count). The first-order valence-corrected chi connectivity index (χ1v) is 9.06. The van der Waals surface area contributed by atoms with E-state index >= 15 is 0 Å². The van der Waals surface area contributed by atoms with Gasteiger partial charge in [-0.2, -0.15) is 0 Å².